The van der Waals surface area contributed by atoms with Gasteiger partial charge in [-0.05, 0) is 37.3 Å². The number of ether oxygens (including phenoxy) is 1. The van der Waals surface area contributed by atoms with Crippen LogP contribution in [-0.2, 0) is 11.2 Å². The third kappa shape index (κ3) is 4.26. The average molecular weight is 533 g/mol. The number of benzene rings is 1. The topological polar surface area (TPSA) is 144 Å². The first-order chi connectivity index (χ1) is 17.6. The van der Waals surface area contributed by atoms with Gasteiger partial charge in [0.2, 0.25) is 0 Å². The SMILES string of the molecule is COc1ccc(F)c(C2SC(N)=C(C(N)=O)N2c2cnc3c(c2N2C[C@H](C)C[C@H](N)C2)CCC3O)c1F. The number of aliphatic hydroxyl groups is 1. The molecule has 0 saturated carbocycles. The summed E-state index contributed by atoms with van der Waals surface area (Å²) in [6, 6.07) is 2.21. The quantitative estimate of drug-likeness (QED) is 0.456. The molecule has 0 radical (unpaired) electrons. The molecule has 2 aromatic rings. The number of rotatable bonds is 5. The fourth-order valence-corrected chi connectivity index (χ4v) is 6.89. The Hall–Kier alpha value is -3.09. The molecule has 1 aliphatic carbocycles. The summed E-state index contributed by atoms with van der Waals surface area (Å²) < 4.78 is 35.8. The molecular weight excluding hydrogens is 502 g/mol. The van der Waals surface area contributed by atoms with E-state index in [-0.39, 0.29) is 34.0 Å². The standard InChI is InChI=1S/C25H30F2N6O3S/c1-11-7-12(28)10-32(9-11)21-13-3-5-16(34)20(13)31-8-15(21)33-22(23(29)35)24(30)37-25(33)18-14(26)4-6-17(36-2)19(18)27/h4,6,8,11-12,16,25,34H,3,5,7,9-10,28,30H2,1-2H3,(H2,29,35)/t11-,12+,16?,25?/m1/s1. The number of primary amides is 1. The van der Waals surface area contributed by atoms with E-state index in [0.29, 0.717) is 43.0 Å². The molecule has 37 heavy (non-hydrogen) atoms. The maximum absolute atomic E-state index is 15.5. The predicted octanol–water partition coefficient (Wildman–Crippen LogP) is 2.39. The number of pyridine rings is 1. The summed E-state index contributed by atoms with van der Waals surface area (Å²) in [6.07, 6.45) is 2.67. The Kier molecular flexibility index (Phi) is 6.67. The van der Waals surface area contributed by atoms with E-state index < -0.39 is 29.0 Å². The lowest BCUT2D eigenvalue weighted by molar-refractivity contribution is -0.114. The van der Waals surface area contributed by atoms with Gasteiger partial charge < -0.3 is 36.8 Å². The number of aromatic nitrogens is 1. The van der Waals surface area contributed by atoms with Crippen LogP contribution in [0.2, 0.25) is 0 Å². The third-order valence-corrected chi connectivity index (χ3v) is 8.27. The predicted molar refractivity (Wildman–Crippen MR) is 138 cm³/mol. The molecule has 12 heteroatoms. The Balaban J connectivity index is 1.75. The minimum absolute atomic E-state index is 0.0364. The molecule has 5 rings (SSSR count). The zero-order valence-electron chi connectivity index (χ0n) is 20.6. The molecule has 1 fully saturated rings. The van der Waals surface area contributed by atoms with E-state index in [0.717, 1.165) is 29.8 Å². The molecule has 0 bridgehead atoms. The van der Waals surface area contributed by atoms with Gasteiger partial charge in [-0.25, -0.2) is 8.78 Å². The van der Waals surface area contributed by atoms with Crippen LogP contribution >= 0.6 is 11.8 Å². The van der Waals surface area contributed by atoms with Gasteiger partial charge in [-0.1, -0.05) is 18.7 Å². The molecule has 1 amide bonds. The number of thioether (sulfide) groups is 1. The first kappa shape index (κ1) is 25.6. The van der Waals surface area contributed by atoms with Crippen LogP contribution < -0.4 is 31.7 Å². The number of anilines is 2. The lowest BCUT2D eigenvalue weighted by atomic mass is 9.95. The van der Waals surface area contributed by atoms with Crippen molar-refractivity contribution in [2.24, 2.45) is 23.1 Å². The zero-order valence-corrected chi connectivity index (χ0v) is 21.4. The van der Waals surface area contributed by atoms with E-state index in [1.54, 1.807) is 0 Å². The maximum atomic E-state index is 15.5. The number of amides is 1. The highest BCUT2D eigenvalue weighted by atomic mass is 32.2. The van der Waals surface area contributed by atoms with Crippen molar-refractivity contribution in [2.75, 3.05) is 30.0 Å². The van der Waals surface area contributed by atoms with Crippen LogP contribution in [0.25, 0.3) is 0 Å². The number of fused-ring (bicyclic) bond motifs is 1. The molecule has 1 saturated heterocycles. The molecule has 4 atom stereocenters. The fourth-order valence-electron chi connectivity index (χ4n) is 5.68. The Bertz CT molecular complexity index is 1280. The first-order valence-electron chi connectivity index (χ1n) is 12.1. The van der Waals surface area contributed by atoms with Gasteiger partial charge in [0.1, 0.15) is 16.9 Å². The van der Waals surface area contributed by atoms with E-state index in [2.05, 4.69) is 16.8 Å². The number of aliphatic hydroxyl groups excluding tert-OH is 1. The smallest absolute Gasteiger partial charge is 0.268 e. The zero-order chi connectivity index (χ0) is 26.6. The van der Waals surface area contributed by atoms with Crippen molar-refractivity contribution in [3.63, 3.8) is 0 Å². The van der Waals surface area contributed by atoms with E-state index in [4.69, 9.17) is 21.9 Å². The lowest BCUT2D eigenvalue weighted by Gasteiger charge is -2.40. The second-order valence-corrected chi connectivity index (χ2v) is 10.9. The summed E-state index contributed by atoms with van der Waals surface area (Å²) in [7, 11) is 1.29. The van der Waals surface area contributed by atoms with Crippen molar-refractivity contribution >= 4 is 29.0 Å². The Morgan fingerprint density at radius 2 is 2.05 bits per heavy atom. The van der Waals surface area contributed by atoms with Crippen molar-refractivity contribution in [1.82, 2.24) is 4.98 Å². The van der Waals surface area contributed by atoms with Gasteiger partial charge in [-0.15, -0.1) is 0 Å². The molecule has 7 N–H and O–H groups in total. The second-order valence-electron chi connectivity index (χ2n) is 9.81. The first-order valence-corrected chi connectivity index (χ1v) is 13.0. The summed E-state index contributed by atoms with van der Waals surface area (Å²) >= 11 is 0.922. The van der Waals surface area contributed by atoms with Gasteiger partial charge in [0.05, 0.1) is 47.1 Å². The van der Waals surface area contributed by atoms with Crippen molar-refractivity contribution < 1.29 is 23.4 Å². The third-order valence-electron chi connectivity index (χ3n) is 7.15. The summed E-state index contributed by atoms with van der Waals surface area (Å²) in [5, 5.41) is 9.50. The highest BCUT2D eigenvalue weighted by Gasteiger charge is 2.43. The molecule has 1 aromatic heterocycles. The van der Waals surface area contributed by atoms with Gasteiger partial charge in [0, 0.05) is 24.7 Å². The molecule has 3 aliphatic rings. The van der Waals surface area contributed by atoms with E-state index in [9.17, 15) is 9.90 Å². The van der Waals surface area contributed by atoms with Crippen molar-refractivity contribution in [3.05, 3.63) is 57.5 Å². The lowest BCUT2D eigenvalue weighted by Crippen LogP contribution is -2.47. The van der Waals surface area contributed by atoms with Gasteiger partial charge in [-0.3, -0.25) is 9.78 Å². The summed E-state index contributed by atoms with van der Waals surface area (Å²) in [5.41, 5.74) is 20.5. The monoisotopic (exact) mass is 532 g/mol. The number of piperidine rings is 1. The Labute approximate surface area is 217 Å². The largest absolute Gasteiger partial charge is 0.494 e. The fraction of sp³-hybridized carbons (Fsp3) is 0.440. The summed E-state index contributed by atoms with van der Waals surface area (Å²) in [5.74, 6) is -2.43. The van der Waals surface area contributed by atoms with Crippen LogP contribution in [0.1, 0.15) is 48.1 Å². The van der Waals surface area contributed by atoms with Crippen molar-refractivity contribution in [2.45, 2.75) is 43.7 Å². The summed E-state index contributed by atoms with van der Waals surface area (Å²) in [6.45, 7) is 3.30. The van der Waals surface area contributed by atoms with Crippen molar-refractivity contribution in [1.29, 1.82) is 0 Å². The number of carbonyl (C=O) groups excluding carboxylic acids is 1. The van der Waals surface area contributed by atoms with E-state index in [1.807, 2.05) is 0 Å². The van der Waals surface area contributed by atoms with Crippen LogP contribution in [0.4, 0.5) is 20.2 Å². The molecule has 1 aromatic carbocycles. The molecule has 2 unspecified atom stereocenters. The van der Waals surface area contributed by atoms with Crippen LogP contribution in [-0.4, -0.2) is 42.2 Å². The Morgan fingerprint density at radius 3 is 2.73 bits per heavy atom. The van der Waals surface area contributed by atoms with E-state index >= 15 is 8.78 Å². The number of halogens is 2. The Morgan fingerprint density at radius 1 is 1.30 bits per heavy atom. The van der Waals surface area contributed by atoms with Crippen LogP contribution in [0.3, 0.4) is 0 Å². The van der Waals surface area contributed by atoms with Crippen molar-refractivity contribution in [3.8, 4) is 5.75 Å². The number of methoxy groups -OCH3 is 1. The normalized spacial score (nSPS) is 25.6. The molecule has 2 aliphatic heterocycles. The minimum atomic E-state index is -1.10. The number of hydrogen-bond acceptors (Lipinski definition) is 9. The molecule has 3 heterocycles. The van der Waals surface area contributed by atoms with E-state index in [1.165, 1.54) is 24.3 Å². The highest BCUT2D eigenvalue weighted by molar-refractivity contribution is 8.03. The number of nitrogens with zero attached hydrogens (tertiary/aromatic N) is 3. The van der Waals surface area contributed by atoms with Crippen LogP contribution in [0, 0.1) is 17.6 Å². The summed E-state index contributed by atoms with van der Waals surface area (Å²) in [4.78, 5) is 20.8. The molecule has 0 spiro atoms. The van der Waals surface area contributed by atoms with Crippen LogP contribution in [0.5, 0.6) is 5.75 Å². The highest BCUT2D eigenvalue weighted by Crippen LogP contribution is 2.54. The minimum Gasteiger partial charge on any atom is -0.494 e. The van der Waals surface area contributed by atoms with Gasteiger partial charge in [0.15, 0.2) is 11.6 Å². The number of hydrogen-bond donors (Lipinski definition) is 4. The van der Waals surface area contributed by atoms with Gasteiger partial charge in [0.25, 0.3) is 5.91 Å². The molecule has 198 valence electrons. The average Bonchev–Trinajstić information content (AvgIpc) is 3.37. The molecule has 9 nitrogen and oxygen atoms in total. The number of nitrogens with two attached hydrogens (primary N) is 3. The van der Waals surface area contributed by atoms with Crippen LogP contribution in [0.15, 0.2) is 29.1 Å². The van der Waals surface area contributed by atoms with Gasteiger partial charge >= 0.3 is 0 Å². The second kappa shape index (κ2) is 9.66. The molecular formula is C25H30F2N6O3S. The number of carbonyl (C=O) groups is 1. The van der Waals surface area contributed by atoms with Gasteiger partial charge in [-0.2, -0.15) is 0 Å². The maximum Gasteiger partial charge on any atom is 0.268 e.